The molecule has 3 amide bonds. The fraction of sp³-hybridized carbons (Fsp3) is 0.280. The van der Waals surface area contributed by atoms with Crippen molar-refractivity contribution >= 4 is 49.6 Å². The monoisotopic (exact) mass is 511 g/mol. The zero-order valence-corrected chi connectivity index (χ0v) is 20.2. The molecule has 188 valence electrons. The second-order valence-corrected chi connectivity index (χ2v) is 9.90. The molecule has 4 rings (SSSR count). The van der Waals surface area contributed by atoms with Crippen LogP contribution in [0, 0.1) is 0 Å². The van der Waals surface area contributed by atoms with Crippen molar-refractivity contribution in [2.75, 3.05) is 13.1 Å². The maximum Gasteiger partial charge on any atom is 0.294 e. The van der Waals surface area contributed by atoms with Crippen molar-refractivity contribution in [2.24, 2.45) is 0 Å². The predicted octanol–water partition coefficient (Wildman–Crippen LogP) is 2.00. The number of rotatable bonds is 10. The van der Waals surface area contributed by atoms with Crippen LogP contribution in [0.5, 0.6) is 0 Å². The molecule has 0 atom stereocenters. The number of hydrogen-bond acceptors (Lipinski definition) is 6. The Balaban J connectivity index is 1.37. The molecule has 0 saturated heterocycles. The summed E-state index contributed by atoms with van der Waals surface area (Å²) in [6, 6.07) is 11.0. The highest BCUT2D eigenvalue weighted by Crippen LogP contribution is 2.23. The fourth-order valence-corrected chi connectivity index (χ4v) is 4.80. The van der Waals surface area contributed by atoms with Gasteiger partial charge in [0.05, 0.1) is 15.9 Å². The number of aromatic nitrogens is 1. The first-order valence-corrected chi connectivity index (χ1v) is 12.9. The van der Waals surface area contributed by atoms with Crippen molar-refractivity contribution in [3.8, 4) is 0 Å². The van der Waals surface area contributed by atoms with Gasteiger partial charge in [0.25, 0.3) is 21.9 Å². The Labute approximate surface area is 206 Å². The lowest BCUT2D eigenvalue weighted by Gasteiger charge is -2.16. The van der Waals surface area contributed by atoms with Crippen LogP contribution in [-0.4, -0.2) is 53.2 Å². The molecule has 10 nitrogen and oxygen atoms in total. The number of amides is 3. The number of fused-ring (bicyclic) bond motifs is 2. The van der Waals surface area contributed by atoms with Gasteiger partial charge in [-0.25, -0.2) is 0 Å². The van der Waals surface area contributed by atoms with Gasteiger partial charge in [0.2, 0.25) is 5.91 Å². The van der Waals surface area contributed by atoms with E-state index >= 15 is 0 Å². The summed E-state index contributed by atoms with van der Waals surface area (Å²) in [7, 11) is -4.45. The lowest BCUT2D eigenvalue weighted by atomic mass is 10.1. The Morgan fingerprint density at radius 2 is 1.56 bits per heavy atom. The lowest BCUT2D eigenvalue weighted by Crippen LogP contribution is -2.38. The van der Waals surface area contributed by atoms with Crippen molar-refractivity contribution in [3.05, 3.63) is 64.8 Å². The third-order valence-electron chi connectivity index (χ3n) is 6.08. The van der Waals surface area contributed by atoms with Gasteiger partial charge in [0.15, 0.2) is 5.43 Å². The Morgan fingerprint density at radius 1 is 0.861 bits per heavy atom. The minimum atomic E-state index is -4.45. The first-order chi connectivity index (χ1) is 17.2. The summed E-state index contributed by atoms with van der Waals surface area (Å²) in [5.74, 6) is -0.934. The molecule has 1 aliphatic rings. The predicted molar refractivity (Wildman–Crippen MR) is 133 cm³/mol. The van der Waals surface area contributed by atoms with Crippen LogP contribution in [0.4, 0.5) is 0 Å². The van der Waals surface area contributed by atoms with E-state index in [0.717, 1.165) is 11.3 Å². The number of carbonyl (C=O) groups excluding carboxylic acids is 3. The third kappa shape index (κ3) is 5.37. The van der Waals surface area contributed by atoms with Gasteiger partial charge < -0.3 is 9.88 Å². The fourth-order valence-electron chi connectivity index (χ4n) is 4.29. The van der Waals surface area contributed by atoms with E-state index in [0.29, 0.717) is 42.2 Å². The van der Waals surface area contributed by atoms with Crippen LogP contribution >= 0.6 is 0 Å². The zero-order chi connectivity index (χ0) is 25.9. The summed E-state index contributed by atoms with van der Waals surface area (Å²) in [6.07, 6.45) is 4.75. The van der Waals surface area contributed by atoms with E-state index in [1.54, 1.807) is 12.1 Å². The number of nitrogens with one attached hydrogen (secondary N) is 1. The number of carbonyl (C=O) groups is 3. The minimum Gasteiger partial charge on any atom is -0.354 e. The van der Waals surface area contributed by atoms with Gasteiger partial charge in [-0.1, -0.05) is 18.6 Å². The molecule has 0 radical (unpaired) electrons. The van der Waals surface area contributed by atoms with Crippen LogP contribution in [0.1, 0.15) is 25.7 Å². The van der Waals surface area contributed by atoms with E-state index in [-0.39, 0.29) is 46.5 Å². The Morgan fingerprint density at radius 3 is 2.28 bits per heavy atom. The number of imide groups is 1. The molecule has 36 heavy (non-hydrogen) atoms. The molecule has 2 heterocycles. The van der Waals surface area contributed by atoms with Crippen molar-refractivity contribution in [3.63, 3.8) is 0 Å². The van der Waals surface area contributed by atoms with E-state index in [1.807, 2.05) is 16.7 Å². The van der Waals surface area contributed by atoms with E-state index in [4.69, 9.17) is 0 Å². The number of hydrogen-bond donors (Lipinski definition) is 2. The van der Waals surface area contributed by atoms with Crippen LogP contribution in [-0.2, 0) is 31.0 Å². The summed E-state index contributed by atoms with van der Waals surface area (Å²) < 4.78 is 34.5. The molecule has 11 heteroatoms. The van der Waals surface area contributed by atoms with E-state index < -0.39 is 10.1 Å². The van der Waals surface area contributed by atoms with Gasteiger partial charge in [-0.2, -0.15) is 8.42 Å². The number of aryl methyl sites for hydroxylation is 1. The number of unbranched alkanes of at least 4 members (excludes halogenated alkanes) is 2. The molecular weight excluding hydrogens is 486 g/mol. The summed E-state index contributed by atoms with van der Waals surface area (Å²) in [5, 5.41) is 3.36. The summed E-state index contributed by atoms with van der Waals surface area (Å²) in [6.45, 7) is 0.859. The summed E-state index contributed by atoms with van der Waals surface area (Å²) in [4.78, 5) is 48.8. The highest BCUT2D eigenvalue weighted by molar-refractivity contribution is 7.85. The third-order valence-corrected chi connectivity index (χ3v) is 6.93. The number of nitrogens with zero attached hydrogens (tertiary/aromatic N) is 2. The average molecular weight is 512 g/mol. The average Bonchev–Trinajstić information content (AvgIpc) is 3.17. The van der Waals surface area contributed by atoms with E-state index in [1.165, 1.54) is 30.4 Å². The normalized spacial score (nSPS) is 13.8. The molecule has 0 saturated carbocycles. The molecule has 1 aromatic heterocycles. The summed E-state index contributed by atoms with van der Waals surface area (Å²) in [5.41, 5.74) is 0.962. The molecular formula is C25H25N3O7S. The van der Waals surface area contributed by atoms with Gasteiger partial charge in [-0.15, -0.1) is 0 Å². The SMILES string of the molecule is O=C(CCCCCn1c2ccccc2c(=O)c2cc(S(=O)(=O)O)ccc21)NCCN1C(=O)C=CC1=O. The molecule has 3 aromatic rings. The van der Waals surface area contributed by atoms with E-state index in [2.05, 4.69) is 5.32 Å². The molecule has 2 N–H and O–H groups in total. The van der Waals surface area contributed by atoms with Crippen LogP contribution in [0.3, 0.4) is 0 Å². The van der Waals surface area contributed by atoms with Gasteiger partial charge in [-0.05, 0) is 43.2 Å². The van der Waals surface area contributed by atoms with Crippen molar-refractivity contribution in [1.82, 2.24) is 14.8 Å². The van der Waals surface area contributed by atoms with Crippen LogP contribution < -0.4 is 10.7 Å². The molecule has 0 bridgehead atoms. The van der Waals surface area contributed by atoms with Gasteiger partial charge in [0.1, 0.15) is 0 Å². The number of benzene rings is 2. The Hall–Kier alpha value is -3.83. The molecule has 0 spiro atoms. The second kappa shape index (κ2) is 10.4. The van der Waals surface area contributed by atoms with Crippen LogP contribution in [0.2, 0.25) is 0 Å². The molecule has 0 aliphatic carbocycles. The van der Waals surface area contributed by atoms with Crippen LogP contribution in [0.15, 0.2) is 64.3 Å². The second-order valence-electron chi connectivity index (χ2n) is 8.47. The molecule has 2 aromatic carbocycles. The van der Waals surface area contributed by atoms with Gasteiger partial charge >= 0.3 is 0 Å². The maximum absolute atomic E-state index is 13.0. The highest BCUT2D eigenvalue weighted by atomic mass is 32.2. The highest BCUT2D eigenvalue weighted by Gasteiger charge is 2.22. The van der Waals surface area contributed by atoms with Gasteiger partial charge in [-0.3, -0.25) is 28.6 Å². The molecule has 1 aliphatic heterocycles. The van der Waals surface area contributed by atoms with E-state index in [9.17, 15) is 32.1 Å². The lowest BCUT2D eigenvalue weighted by molar-refractivity contribution is -0.137. The number of para-hydroxylation sites is 1. The van der Waals surface area contributed by atoms with Crippen molar-refractivity contribution < 1.29 is 27.4 Å². The quantitative estimate of drug-likeness (QED) is 0.183. The standard InChI is InChI=1S/C25H25N3O7S/c29-22(26-13-15-28-23(30)11-12-24(28)31)8-2-1-5-14-27-20-7-4-3-6-18(20)25(32)19-16-17(36(33,34)35)9-10-21(19)27/h3-4,6-7,9-12,16H,1-2,5,8,13-15H2,(H,26,29)(H,33,34,35). The maximum atomic E-state index is 13.0. The molecule has 0 unspecified atom stereocenters. The summed E-state index contributed by atoms with van der Waals surface area (Å²) >= 11 is 0. The largest absolute Gasteiger partial charge is 0.354 e. The minimum absolute atomic E-state index is 0.127. The first-order valence-electron chi connectivity index (χ1n) is 11.5. The Bertz CT molecular complexity index is 1540. The number of pyridine rings is 1. The Kier molecular flexibility index (Phi) is 7.32. The van der Waals surface area contributed by atoms with Crippen molar-refractivity contribution in [2.45, 2.75) is 37.1 Å². The smallest absolute Gasteiger partial charge is 0.294 e. The topological polar surface area (TPSA) is 143 Å². The van der Waals surface area contributed by atoms with Crippen LogP contribution in [0.25, 0.3) is 21.8 Å². The zero-order valence-electron chi connectivity index (χ0n) is 19.3. The van der Waals surface area contributed by atoms with Gasteiger partial charge in [0, 0.05) is 49.0 Å². The molecule has 0 fully saturated rings. The first kappa shape index (κ1) is 25.3. The van der Waals surface area contributed by atoms with Crippen molar-refractivity contribution in [1.29, 1.82) is 0 Å².